The van der Waals surface area contributed by atoms with E-state index >= 15 is 0 Å². The average molecular weight is 209 g/mol. The van der Waals surface area contributed by atoms with E-state index in [0.717, 1.165) is 6.42 Å². The number of nitrogens with one attached hydrogen (secondary N) is 1. The molecule has 1 amide bonds. The monoisotopic (exact) mass is 208 g/mol. The number of carbonyl (C=O) groups excluding carboxylic acids is 1. The van der Waals surface area contributed by atoms with E-state index in [4.69, 9.17) is 10.8 Å². The summed E-state index contributed by atoms with van der Waals surface area (Å²) in [5.74, 6) is 0.0323. The molecule has 5 heteroatoms. The molecule has 0 spiro atoms. The Bertz CT molecular complexity index is 178. The Labute approximate surface area is 84.3 Å². The third kappa shape index (κ3) is 3.14. The van der Waals surface area contributed by atoms with Gasteiger partial charge in [0.05, 0.1) is 12.1 Å². The number of carbonyl (C=O) groups is 1. The molecule has 0 radical (unpaired) electrons. The Kier molecular flexibility index (Phi) is 5.29. The molecule has 4 nitrogen and oxygen atoms in total. The van der Waals surface area contributed by atoms with E-state index < -0.39 is 6.10 Å². The van der Waals surface area contributed by atoms with Gasteiger partial charge in [-0.2, -0.15) is 0 Å². The fourth-order valence-corrected chi connectivity index (χ4v) is 1.31. The summed E-state index contributed by atoms with van der Waals surface area (Å²) in [5.41, 5.74) is 5.55. The van der Waals surface area contributed by atoms with Crippen molar-refractivity contribution in [3.63, 3.8) is 0 Å². The highest BCUT2D eigenvalue weighted by Gasteiger charge is 2.37. The molecule has 0 bridgehead atoms. The van der Waals surface area contributed by atoms with Crippen LogP contribution in [0.4, 0.5) is 0 Å². The van der Waals surface area contributed by atoms with E-state index in [1.807, 2.05) is 6.92 Å². The summed E-state index contributed by atoms with van der Waals surface area (Å²) in [5, 5.41) is 11.8. The maximum absolute atomic E-state index is 11.1. The van der Waals surface area contributed by atoms with E-state index in [0.29, 0.717) is 12.8 Å². The van der Waals surface area contributed by atoms with E-state index in [2.05, 4.69) is 5.32 Å². The van der Waals surface area contributed by atoms with Crippen LogP contribution in [0.25, 0.3) is 0 Å². The first kappa shape index (κ1) is 12.7. The lowest BCUT2D eigenvalue weighted by Crippen LogP contribution is -2.63. The number of amides is 1. The minimum absolute atomic E-state index is 0. The fraction of sp³-hybridized carbons (Fsp3) is 0.875. The van der Waals surface area contributed by atoms with Gasteiger partial charge >= 0.3 is 0 Å². The molecule has 1 aliphatic rings. The van der Waals surface area contributed by atoms with Crippen molar-refractivity contribution in [1.82, 2.24) is 5.32 Å². The molecule has 13 heavy (non-hydrogen) atoms. The second-order valence-corrected chi connectivity index (χ2v) is 3.30. The van der Waals surface area contributed by atoms with Crippen LogP contribution < -0.4 is 11.1 Å². The molecule has 3 unspecified atom stereocenters. The van der Waals surface area contributed by atoms with E-state index in [9.17, 15) is 4.79 Å². The highest BCUT2D eigenvalue weighted by molar-refractivity contribution is 5.85. The van der Waals surface area contributed by atoms with E-state index in [1.54, 1.807) is 0 Å². The minimum atomic E-state index is -0.433. The number of aliphatic hydroxyl groups is 1. The summed E-state index contributed by atoms with van der Waals surface area (Å²) >= 11 is 0. The van der Waals surface area contributed by atoms with Gasteiger partial charge in [0.2, 0.25) is 5.91 Å². The topological polar surface area (TPSA) is 75.3 Å². The van der Waals surface area contributed by atoms with Gasteiger partial charge in [0.1, 0.15) is 0 Å². The summed E-state index contributed by atoms with van der Waals surface area (Å²) in [6.07, 6.45) is 1.55. The van der Waals surface area contributed by atoms with Gasteiger partial charge in [-0.3, -0.25) is 4.79 Å². The Hall–Kier alpha value is -0.320. The Morgan fingerprint density at radius 3 is 2.69 bits per heavy atom. The van der Waals surface area contributed by atoms with Crippen molar-refractivity contribution >= 4 is 18.3 Å². The van der Waals surface area contributed by atoms with Gasteiger partial charge in [0.25, 0.3) is 0 Å². The van der Waals surface area contributed by atoms with Gasteiger partial charge in [-0.25, -0.2) is 0 Å². The standard InChI is InChI=1S/C8H16N2O2.ClH/c1-2-3-7(12)10-5-4-6(11)8(5)9;/h5-6,8,11H,2-4,9H2,1H3,(H,10,12);1H. The van der Waals surface area contributed by atoms with Gasteiger partial charge in [-0.15, -0.1) is 12.4 Å². The molecule has 4 N–H and O–H groups in total. The zero-order chi connectivity index (χ0) is 9.14. The Morgan fingerprint density at radius 1 is 1.69 bits per heavy atom. The third-order valence-electron chi connectivity index (χ3n) is 2.23. The molecular weight excluding hydrogens is 192 g/mol. The van der Waals surface area contributed by atoms with Crippen LogP contribution in [0.2, 0.25) is 0 Å². The smallest absolute Gasteiger partial charge is 0.220 e. The summed E-state index contributed by atoms with van der Waals surface area (Å²) in [7, 11) is 0. The zero-order valence-corrected chi connectivity index (χ0v) is 8.51. The molecule has 3 atom stereocenters. The number of aliphatic hydroxyl groups excluding tert-OH is 1. The van der Waals surface area contributed by atoms with Gasteiger partial charge in [0.15, 0.2) is 0 Å². The highest BCUT2D eigenvalue weighted by Crippen LogP contribution is 2.18. The molecule has 1 fully saturated rings. The molecule has 0 aromatic carbocycles. The first-order valence-corrected chi connectivity index (χ1v) is 4.38. The SMILES string of the molecule is CCCC(=O)NC1CC(O)C1N.Cl. The van der Waals surface area contributed by atoms with Crippen LogP contribution in [0.5, 0.6) is 0 Å². The molecule has 0 heterocycles. The summed E-state index contributed by atoms with van der Waals surface area (Å²) in [6.45, 7) is 1.95. The van der Waals surface area contributed by atoms with Crippen molar-refractivity contribution in [2.75, 3.05) is 0 Å². The van der Waals surface area contributed by atoms with Crippen LogP contribution in [0, 0.1) is 0 Å². The van der Waals surface area contributed by atoms with Gasteiger partial charge < -0.3 is 16.2 Å². The summed E-state index contributed by atoms with van der Waals surface area (Å²) < 4.78 is 0. The first-order chi connectivity index (χ1) is 5.65. The van der Waals surface area contributed by atoms with Crippen LogP contribution >= 0.6 is 12.4 Å². The van der Waals surface area contributed by atoms with Crippen molar-refractivity contribution < 1.29 is 9.90 Å². The second-order valence-electron chi connectivity index (χ2n) is 3.30. The van der Waals surface area contributed by atoms with Gasteiger partial charge in [0, 0.05) is 12.5 Å². The van der Waals surface area contributed by atoms with Crippen molar-refractivity contribution in [2.45, 2.75) is 44.4 Å². The van der Waals surface area contributed by atoms with Gasteiger partial charge in [-0.1, -0.05) is 6.92 Å². The lowest BCUT2D eigenvalue weighted by atomic mass is 9.84. The second kappa shape index (κ2) is 5.42. The molecule has 0 saturated heterocycles. The largest absolute Gasteiger partial charge is 0.391 e. The predicted octanol–water partition coefficient (Wildman–Crippen LogP) is -0.215. The molecule has 1 saturated carbocycles. The van der Waals surface area contributed by atoms with Gasteiger partial charge in [-0.05, 0) is 12.8 Å². The molecule has 0 aromatic heterocycles. The highest BCUT2D eigenvalue weighted by atomic mass is 35.5. The summed E-state index contributed by atoms with van der Waals surface area (Å²) in [6, 6.07) is -0.287. The first-order valence-electron chi connectivity index (χ1n) is 4.38. The molecule has 1 rings (SSSR count). The molecule has 0 aromatic rings. The van der Waals surface area contributed by atoms with Crippen molar-refractivity contribution in [3.8, 4) is 0 Å². The normalized spacial score (nSPS) is 31.5. The Balaban J connectivity index is 0.00000144. The van der Waals surface area contributed by atoms with Crippen molar-refractivity contribution in [1.29, 1.82) is 0 Å². The van der Waals surface area contributed by atoms with Crippen LogP contribution in [0.3, 0.4) is 0 Å². The fourth-order valence-electron chi connectivity index (χ4n) is 1.31. The maximum atomic E-state index is 11.1. The van der Waals surface area contributed by atoms with Crippen LogP contribution in [-0.2, 0) is 4.79 Å². The minimum Gasteiger partial charge on any atom is -0.391 e. The number of hydrogen-bond donors (Lipinski definition) is 3. The van der Waals surface area contributed by atoms with Crippen LogP contribution in [0.1, 0.15) is 26.2 Å². The lowest BCUT2D eigenvalue weighted by Gasteiger charge is -2.39. The Morgan fingerprint density at radius 2 is 2.31 bits per heavy atom. The van der Waals surface area contributed by atoms with Crippen molar-refractivity contribution in [2.24, 2.45) is 5.73 Å². The molecule has 0 aliphatic heterocycles. The lowest BCUT2D eigenvalue weighted by molar-refractivity contribution is -0.123. The van der Waals surface area contributed by atoms with Crippen LogP contribution in [0.15, 0.2) is 0 Å². The van der Waals surface area contributed by atoms with E-state index in [1.165, 1.54) is 0 Å². The van der Waals surface area contributed by atoms with E-state index in [-0.39, 0.29) is 30.4 Å². The predicted molar refractivity (Wildman–Crippen MR) is 52.7 cm³/mol. The molecular formula is C8H17ClN2O2. The quantitative estimate of drug-likeness (QED) is 0.601. The number of halogens is 1. The van der Waals surface area contributed by atoms with Crippen molar-refractivity contribution in [3.05, 3.63) is 0 Å². The number of rotatable bonds is 3. The third-order valence-corrected chi connectivity index (χ3v) is 2.23. The molecule has 78 valence electrons. The summed E-state index contributed by atoms with van der Waals surface area (Å²) in [4.78, 5) is 11.1. The molecule has 1 aliphatic carbocycles. The number of nitrogens with two attached hydrogens (primary N) is 1. The average Bonchev–Trinajstić information content (AvgIpc) is 2.04. The maximum Gasteiger partial charge on any atom is 0.220 e. The van der Waals surface area contributed by atoms with Crippen LogP contribution in [-0.4, -0.2) is 29.2 Å². The number of hydrogen-bond acceptors (Lipinski definition) is 3. The zero-order valence-electron chi connectivity index (χ0n) is 7.69.